The largest absolute Gasteiger partial charge is 0.379 e. The van der Waals surface area contributed by atoms with Gasteiger partial charge in [0.1, 0.15) is 24.7 Å². The van der Waals surface area contributed by atoms with Gasteiger partial charge in [0.15, 0.2) is 11.6 Å². The van der Waals surface area contributed by atoms with Crippen molar-refractivity contribution in [2.45, 2.75) is 111 Å². The highest BCUT2D eigenvalue weighted by atomic mass is 28.3. The summed E-state index contributed by atoms with van der Waals surface area (Å²) in [5.41, 5.74) is 4.88. The molecule has 0 radical (unpaired) electrons. The number of hydrogen-bond acceptors (Lipinski definition) is 7. The van der Waals surface area contributed by atoms with Crippen molar-refractivity contribution in [3.05, 3.63) is 29.2 Å². The van der Waals surface area contributed by atoms with E-state index in [1.807, 2.05) is 29.2 Å². The SMILES string of the molecule is CCN(C(=O)C(C)N1CCOCC1)c1cc(F)c2c(c1)nc(-c1nn(COCC[Si](C)(C)C)c3c1C[C@@H]1C[C@]1(C)C3)n2COCC[Si](C)(C)C. The smallest absolute Gasteiger partial charge is 0.244 e. The zero-order valence-corrected chi connectivity index (χ0v) is 33.9. The molecule has 1 saturated carbocycles. The van der Waals surface area contributed by atoms with Crippen molar-refractivity contribution < 1.29 is 23.4 Å². The number of morpholine rings is 1. The molecule has 3 heterocycles. The van der Waals surface area contributed by atoms with E-state index in [1.54, 1.807) is 4.90 Å². The van der Waals surface area contributed by atoms with Gasteiger partial charge in [-0.1, -0.05) is 46.2 Å². The minimum absolute atomic E-state index is 0.0584. The number of carbonyl (C=O) groups excluding carboxylic acids is 1. The van der Waals surface area contributed by atoms with Crippen molar-refractivity contribution in [3.63, 3.8) is 0 Å². The van der Waals surface area contributed by atoms with E-state index in [0.29, 0.717) is 86.7 Å². The third-order valence-electron chi connectivity index (χ3n) is 11.0. The predicted molar refractivity (Wildman–Crippen MR) is 203 cm³/mol. The van der Waals surface area contributed by atoms with E-state index >= 15 is 4.39 Å². The maximum atomic E-state index is 16.5. The first kappa shape index (κ1) is 37.3. The van der Waals surface area contributed by atoms with Crippen LogP contribution in [0.5, 0.6) is 0 Å². The second kappa shape index (κ2) is 14.5. The number of benzene rings is 1. The van der Waals surface area contributed by atoms with Gasteiger partial charge >= 0.3 is 0 Å². The van der Waals surface area contributed by atoms with E-state index in [-0.39, 0.29) is 18.7 Å². The topological polar surface area (TPSA) is 86.9 Å². The minimum atomic E-state index is -1.33. The summed E-state index contributed by atoms with van der Waals surface area (Å²) in [6.45, 7) is 25.2. The Morgan fingerprint density at radius 1 is 1.08 bits per heavy atom. The predicted octanol–water partition coefficient (Wildman–Crippen LogP) is 6.86. The van der Waals surface area contributed by atoms with E-state index in [2.05, 4.69) is 51.1 Å². The van der Waals surface area contributed by atoms with Crippen molar-refractivity contribution >= 4 is 38.8 Å². The summed E-state index contributed by atoms with van der Waals surface area (Å²) in [7, 11) is -2.56. The van der Waals surface area contributed by atoms with Gasteiger partial charge in [-0.25, -0.2) is 14.1 Å². The molecule has 3 atom stereocenters. The first-order valence-electron chi connectivity index (χ1n) is 18.7. The first-order valence-corrected chi connectivity index (χ1v) is 26.1. The lowest BCUT2D eigenvalue weighted by Crippen LogP contribution is -2.51. The molecule has 2 aromatic heterocycles. The number of likely N-dealkylation sites (N-methyl/N-ethyl adjacent to an activating group) is 1. The summed E-state index contributed by atoms with van der Waals surface area (Å²) >= 11 is 0. The molecule has 1 aromatic carbocycles. The second-order valence-electron chi connectivity index (χ2n) is 17.5. The molecule has 50 heavy (non-hydrogen) atoms. The van der Waals surface area contributed by atoms with Crippen LogP contribution in [-0.2, 0) is 45.3 Å². The van der Waals surface area contributed by atoms with Gasteiger partial charge in [-0.15, -0.1) is 0 Å². The number of amides is 1. The van der Waals surface area contributed by atoms with Gasteiger partial charge < -0.3 is 19.1 Å². The molecule has 276 valence electrons. The van der Waals surface area contributed by atoms with Crippen LogP contribution in [0.15, 0.2) is 12.1 Å². The molecular formula is C37H59FN6O4Si2. The van der Waals surface area contributed by atoms with E-state index < -0.39 is 22.0 Å². The standard InChI is InChI=1S/C37H59FN6O4Si2/c1-10-42(36(45)26(2)41-11-13-46-14-12-41)28-20-30(38)34-31(21-28)39-35(43(34)24-47-15-17-49(4,5)6)33-29-19-27-22-37(27,3)23-32(29)44(40-33)25-48-16-18-50(7,8)9/h20-21,26-27H,10-19,22-25H2,1-9H3/t26?,27-,37-/m1/s1. The molecule has 1 saturated heterocycles. The van der Waals surface area contributed by atoms with E-state index in [1.165, 1.54) is 23.7 Å². The molecule has 2 fully saturated rings. The Hall–Kier alpha value is -2.43. The second-order valence-corrected chi connectivity index (χ2v) is 28.7. The number of ether oxygens (including phenoxy) is 3. The van der Waals surface area contributed by atoms with E-state index in [9.17, 15) is 4.79 Å². The highest BCUT2D eigenvalue weighted by Gasteiger charge is 2.54. The van der Waals surface area contributed by atoms with Crippen LogP contribution in [0, 0.1) is 17.2 Å². The number of imidazole rings is 1. The average Bonchev–Trinajstić information content (AvgIpc) is 3.40. The molecule has 0 spiro atoms. The van der Waals surface area contributed by atoms with Crippen LogP contribution < -0.4 is 4.90 Å². The Morgan fingerprint density at radius 2 is 1.74 bits per heavy atom. The van der Waals surface area contributed by atoms with Crippen LogP contribution in [0.1, 0.15) is 38.4 Å². The molecule has 13 heteroatoms. The Bertz CT molecular complexity index is 1690. The molecule has 0 bridgehead atoms. The summed E-state index contributed by atoms with van der Waals surface area (Å²) in [5.74, 6) is 0.748. The van der Waals surface area contributed by atoms with Gasteiger partial charge in [-0.05, 0) is 68.7 Å². The molecule has 0 N–H and O–H groups in total. The van der Waals surface area contributed by atoms with Crippen LogP contribution in [0.4, 0.5) is 10.1 Å². The van der Waals surface area contributed by atoms with Crippen LogP contribution in [0.3, 0.4) is 0 Å². The molecule has 1 aliphatic heterocycles. The van der Waals surface area contributed by atoms with Crippen LogP contribution >= 0.6 is 0 Å². The maximum Gasteiger partial charge on any atom is 0.244 e. The molecule has 10 nitrogen and oxygen atoms in total. The summed E-state index contributed by atoms with van der Waals surface area (Å²) < 4.78 is 38.4. The third-order valence-corrected chi connectivity index (χ3v) is 14.4. The Kier molecular flexibility index (Phi) is 10.9. The van der Waals surface area contributed by atoms with Crippen molar-refractivity contribution in [2.75, 3.05) is 51.0 Å². The fourth-order valence-electron chi connectivity index (χ4n) is 7.44. The number of carbonyl (C=O) groups is 1. The van der Waals surface area contributed by atoms with Gasteiger partial charge in [0.05, 0.1) is 24.8 Å². The highest BCUT2D eigenvalue weighted by molar-refractivity contribution is 6.76. The molecule has 6 rings (SSSR count). The Balaban J connectivity index is 1.38. The molecule has 2 aliphatic carbocycles. The average molecular weight is 727 g/mol. The molecule has 3 aromatic rings. The number of rotatable bonds is 15. The normalized spacial score (nSPS) is 21.7. The number of aromatic nitrogens is 4. The fraction of sp³-hybridized carbons (Fsp3) is 0.703. The van der Waals surface area contributed by atoms with Gasteiger partial charge in [-0.2, -0.15) is 5.10 Å². The van der Waals surface area contributed by atoms with Crippen molar-refractivity contribution in [3.8, 4) is 11.5 Å². The zero-order valence-electron chi connectivity index (χ0n) is 31.9. The van der Waals surface area contributed by atoms with Crippen LogP contribution in [-0.4, -0.2) is 98.4 Å². The van der Waals surface area contributed by atoms with Gasteiger partial charge in [0.2, 0.25) is 5.91 Å². The molecule has 1 unspecified atom stereocenters. The van der Waals surface area contributed by atoms with Crippen LogP contribution in [0.2, 0.25) is 51.4 Å². The summed E-state index contributed by atoms with van der Waals surface area (Å²) in [6, 6.07) is 5.10. The zero-order chi connectivity index (χ0) is 36.0. The summed E-state index contributed by atoms with van der Waals surface area (Å²) in [5, 5.41) is 5.18. The third kappa shape index (κ3) is 8.12. The number of nitrogens with zero attached hydrogens (tertiary/aromatic N) is 6. The Morgan fingerprint density at radius 3 is 2.38 bits per heavy atom. The minimum Gasteiger partial charge on any atom is -0.379 e. The van der Waals surface area contributed by atoms with Crippen molar-refractivity contribution in [2.24, 2.45) is 11.3 Å². The quantitative estimate of drug-likeness (QED) is 0.125. The van der Waals surface area contributed by atoms with E-state index in [0.717, 1.165) is 30.6 Å². The summed E-state index contributed by atoms with van der Waals surface area (Å²) in [4.78, 5) is 22.7. The first-order chi connectivity index (χ1) is 23.6. The summed E-state index contributed by atoms with van der Waals surface area (Å²) in [6.07, 6.45) is 3.09. The van der Waals surface area contributed by atoms with Crippen molar-refractivity contribution in [1.29, 1.82) is 0 Å². The van der Waals surface area contributed by atoms with Crippen molar-refractivity contribution in [1.82, 2.24) is 24.2 Å². The molecular weight excluding hydrogens is 668 g/mol. The van der Waals surface area contributed by atoms with E-state index in [4.69, 9.17) is 24.3 Å². The lowest BCUT2D eigenvalue weighted by atomic mass is 9.87. The van der Waals surface area contributed by atoms with Gasteiger partial charge in [0.25, 0.3) is 0 Å². The fourth-order valence-corrected chi connectivity index (χ4v) is 8.96. The lowest BCUT2D eigenvalue weighted by molar-refractivity contribution is -0.124. The number of halogens is 1. The maximum absolute atomic E-state index is 16.5. The molecule has 3 aliphatic rings. The number of hydrogen-bond donors (Lipinski definition) is 0. The number of anilines is 1. The van der Waals surface area contributed by atoms with Gasteiger partial charge in [-0.3, -0.25) is 14.3 Å². The Labute approximate surface area is 299 Å². The number of fused-ring (bicyclic) bond motifs is 3. The molecule has 1 amide bonds. The highest BCUT2D eigenvalue weighted by Crippen LogP contribution is 2.60. The van der Waals surface area contributed by atoms with Crippen LogP contribution in [0.25, 0.3) is 22.6 Å². The van der Waals surface area contributed by atoms with Gasteiger partial charge in [0, 0.05) is 65.9 Å². The lowest BCUT2D eigenvalue weighted by Gasteiger charge is -2.34. The monoisotopic (exact) mass is 726 g/mol.